The molecular formula is C23H29N3O7S2. The molecule has 0 aliphatic rings. The summed E-state index contributed by atoms with van der Waals surface area (Å²) in [7, 11) is -3.38. The van der Waals surface area contributed by atoms with Crippen LogP contribution in [0.3, 0.4) is 0 Å². The van der Waals surface area contributed by atoms with Crippen LogP contribution in [0.4, 0.5) is 5.88 Å². The normalized spacial score (nSPS) is 12.3. The molecule has 12 heteroatoms. The number of hydrogen-bond donors (Lipinski definition) is 0. The van der Waals surface area contributed by atoms with Gasteiger partial charge in [-0.1, -0.05) is 35.5 Å². The first-order valence-corrected chi connectivity index (χ1v) is 13.5. The number of benzene rings is 2. The van der Waals surface area contributed by atoms with Crippen LogP contribution in [0.25, 0.3) is 11.1 Å². The van der Waals surface area contributed by atoms with Gasteiger partial charge < -0.3 is 14.0 Å². The number of methoxy groups -OCH3 is 1. The van der Waals surface area contributed by atoms with Crippen LogP contribution in [0, 0.1) is 13.8 Å². The average molecular weight is 524 g/mol. The molecule has 0 aliphatic heterocycles. The van der Waals surface area contributed by atoms with E-state index in [1.165, 1.54) is 39.4 Å². The van der Waals surface area contributed by atoms with Gasteiger partial charge in [0.05, 0.1) is 28.7 Å². The highest BCUT2D eigenvalue weighted by Crippen LogP contribution is 2.34. The lowest BCUT2D eigenvalue weighted by molar-refractivity contribution is 0.0744. The second-order valence-electron chi connectivity index (χ2n) is 7.89. The molecule has 35 heavy (non-hydrogen) atoms. The van der Waals surface area contributed by atoms with Gasteiger partial charge in [-0.2, -0.15) is 0 Å². The SMILES string of the molecule is COCCOCN(c1onc(C)c1C)S(=O)(=O)c1ccccc1-c1ccc(S(=O)(=O)N(C)C)cc1. The Balaban J connectivity index is 2.07. The summed E-state index contributed by atoms with van der Waals surface area (Å²) in [5.74, 6) is 0.0575. The van der Waals surface area contributed by atoms with E-state index in [-0.39, 0.29) is 29.0 Å². The Morgan fingerprint density at radius 1 is 0.914 bits per heavy atom. The average Bonchev–Trinajstić information content (AvgIpc) is 3.16. The van der Waals surface area contributed by atoms with Gasteiger partial charge in [0, 0.05) is 32.3 Å². The van der Waals surface area contributed by atoms with Gasteiger partial charge in [-0.3, -0.25) is 0 Å². The lowest BCUT2D eigenvalue weighted by Gasteiger charge is -2.23. The molecule has 0 radical (unpaired) electrons. The number of sulfonamides is 2. The van der Waals surface area contributed by atoms with E-state index in [1.54, 1.807) is 44.2 Å². The second-order valence-corrected chi connectivity index (χ2v) is 11.9. The molecule has 2 aromatic carbocycles. The van der Waals surface area contributed by atoms with Gasteiger partial charge in [-0.15, -0.1) is 0 Å². The molecule has 1 aromatic heterocycles. The predicted octanol–water partition coefficient (Wildman–Crippen LogP) is 3.02. The van der Waals surface area contributed by atoms with Crippen molar-refractivity contribution in [3.05, 3.63) is 59.8 Å². The van der Waals surface area contributed by atoms with Crippen LogP contribution in [-0.4, -0.2) is 67.4 Å². The van der Waals surface area contributed by atoms with Crippen LogP contribution in [0.15, 0.2) is 62.8 Å². The number of aryl methyl sites for hydroxylation is 1. The van der Waals surface area contributed by atoms with Gasteiger partial charge in [0.1, 0.15) is 6.73 Å². The molecule has 0 bridgehead atoms. The summed E-state index contributed by atoms with van der Waals surface area (Å²) in [6.45, 7) is 3.60. The number of rotatable bonds is 11. The maximum atomic E-state index is 13.9. The van der Waals surface area contributed by atoms with E-state index in [0.717, 1.165) is 8.61 Å². The van der Waals surface area contributed by atoms with Gasteiger partial charge in [0.25, 0.3) is 10.0 Å². The summed E-state index contributed by atoms with van der Waals surface area (Å²) in [5, 5.41) is 3.89. The maximum absolute atomic E-state index is 13.9. The summed E-state index contributed by atoms with van der Waals surface area (Å²) in [4.78, 5) is 0.111. The molecule has 10 nitrogen and oxygen atoms in total. The summed E-state index contributed by atoms with van der Waals surface area (Å²) < 4.78 is 70.6. The minimum absolute atomic E-state index is 0.00649. The Labute approximate surface area is 206 Å². The Kier molecular flexibility index (Phi) is 8.34. The van der Waals surface area contributed by atoms with E-state index >= 15 is 0 Å². The largest absolute Gasteiger partial charge is 0.382 e. The standard InChI is InChI=1S/C23H29N3O7S2/c1-17-18(2)24-33-23(17)26(16-32-15-14-31-5)35(29,30)22-9-7-6-8-21(22)19-10-12-20(13-11-19)34(27,28)25(3)4/h6-13H,14-16H2,1-5H3. The third-order valence-corrected chi connectivity index (χ3v) is 8.99. The minimum atomic E-state index is -4.17. The van der Waals surface area contributed by atoms with E-state index in [2.05, 4.69) is 5.16 Å². The van der Waals surface area contributed by atoms with E-state index < -0.39 is 20.0 Å². The van der Waals surface area contributed by atoms with Crippen molar-refractivity contribution in [1.82, 2.24) is 9.46 Å². The molecule has 0 atom stereocenters. The third-order valence-electron chi connectivity index (χ3n) is 5.40. The van der Waals surface area contributed by atoms with Gasteiger partial charge in [0.2, 0.25) is 15.9 Å². The molecule has 0 unspecified atom stereocenters. The molecule has 0 saturated carbocycles. The molecule has 1 heterocycles. The fourth-order valence-electron chi connectivity index (χ4n) is 3.23. The number of aromatic nitrogens is 1. The van der Waals surface area contributed by atoms with E-state index in [1.807, 2.05) is 0 Å². The van der Waals surface area contributed by atoms with Crippen LogP contribution in [-0.2, 0) is 29.5 Å². The van der Waals surface area contributed by atoms with Crippen LogP contribution >= 0.6 is 0 Å². The van der Waals surface area contributed by atoms with Crippen molar-refractivity contribution in [2.45, 2.75) is 23.6 Å². The van der Waals surface area contributed by atoms with Gasteiger partial charge >= 0.3 is 0 Å². The molecule has 3 rings (SSSR count). The fraction of sp³-hybridized carbons (Fsp3) is 0.348. The highest BCUT2D eigenvalue weighted by molar-refractivity contribution is 7.93. The maximum Gasteiger partial charge on any atom is 0.269 e. The molecular weight excluding hydrogens is 494 g/mol. The summed E-state index contributed by atoms with van der Waals surface area (Å²) in [6.07, 6.45) is 0. The lowest BCUT2D eigenvalue weighted by atomic mass is 10.1. The zero-order chi connectivity index (χ0) is 25.8. The van der Waals surface area contributed by atoms with Crippen molar-refractivity contribution in [3.8, 4) is 11.1 Å². The Bertz CT molecular complexity index is 1370. The number of hydrogen-bond acceptors (Lipinski definition) is 8. The number of nitrogens with zero attached hydrogens (tertiary/aromatic N) is 3. The summed E-state index contributed by atoms with van der Waals surface area (Å²) in [5.41, 5.74) is 2.06. The molecule has 3 aromatic rings. The van der Waals surface area contributed by atoms with Crippen LogP contribution < -0.4 is 4.31 Å². The molecule has 0 saturated heterocycles. The monoisotopic (exact) mass is 523 g/mol. The Morgan fingerprint density at radius 2 is 1.57 bits per heavy atom. The van der Waals surface area contributed by atoms with Gasteiger partial charge in [-0.05, 0) is 37.6 Å². The van der Waals surface area contributed by atoms with E-state index in [0.29, 0.717) is 29.0 Å². The summed E-state index contributed by atoms with van der Waals surface area (Å²) in [6, 6.07) is 12.5. The predicted molar refractivity (Wildman–Crippen MR) is 131 cm³/mol. The highest BCUT2D eigenvalue weighted by atomic mass is 32.2. The third kappa shape index (κ3) is 5.57. The van der Waals surface area contributed by atoms with E-state index in [9.17, 15) is 16.8 Å². The quantitative estimate of drug-likeness (QED) is 0.278. The fourth-order valence-corrected chi connectivity index (χ4v) is 5.68. The van der Waals surface area contributed by atoms with Crippen LogP contribution in [0.2, 0.25) is 0 Å². The van der Waals surface area contributed by atoms with Crippen LogP contribution in [0.1, 0.15) is 11.3 Å². The number of ether oxygens (including phenoxy) is 2. The highest BCUT2D eigenvalue weighted by Gasteiger charge is 2.32. The molecule has 0 amide bonds. The lowest BCUT2D eigenvalue weighted by Crippen LogP contribution is -2.34. The minimum Gasteiger partial charge on any atom is -0.382 e. The van der Waals surface area contributed by atoms with Crippen molar-refractivity contribution in [2.75, 3.05) is 45.5 Å². The van der Waals surface area contributed by atoms with E-state index in [4.69, 9.17) is 14.0 Å². The van der Waals surface area contributed by atoms with Crippen LogP contribution in [0.5, 0.6) is 0 Å². The summed E-state index contributed by atoms with van der Waals surface area (Å²) >= 11 is 0. The topological polar surface area (TPSA) is 119 Å². The Morgan fingerprint density at radius 3 is 2.14 bits per heavy atom. The van der Waals surface area contributed by atoms with Gasteiger partial charge in [0.15, 0.2) is 0 Å². The van der Waals surface area contributed by atoms with Gasteiger partial charge in [-0.25, -0.2) is 25.4 Å². The first kappa shape index (κ1) is 26.8. The molecule has 190 valence electrons. The first-order valence-electron chi connectivity index (χ1n) is 10.7. The zero-order valence-corrected chi connectivity index (χ0v) is 21.9. The van der Waals surface area contributed by atoms with Crippen molar-refractivity contribution in [2.24, 2.45) is 0 Å². The second kappa shape index (κ2) is 10.9. The van der Waals surface area contributed by atoms with Crippen molar-refractivity contribution < 1.29 is 30.8 Å². The number of anilines is 1. The first-order chi connectivity index (χ1) is 16.5. The van der Waals surface area contributed by atoms with Crippen molar-refractivity contribution >= 4 is 25.9 Å². The van der Waals surface area contributed by atoms with Crippen molar-refractivity contribution in [1.29, 1.82) is 0 Å². The molecule has 0 fully saturated rings. The molecule has 0 spiro atoms. The molecule has 0 aliphatic carbocycles. The zero-order valence-electron chi connectivity index (χ0n) is 20.3. The van der Waals surface area contributed by atoms with Crippen molar-refractivity contribution in [3.63, 3.8) is 0 Å². The Hall–Kier alpha value is -2.77. The molecule has 0 N–H and O–H groups in total. The smallest absolute Gasteiger partial charge is 0.269 e.